The first-order chi connectivity index (χ1) is 13.7. The zero-order chi connectivity index (χ0) is 18.9. The molecule has 2 aromatic carbocycles. The summed E-state index contributed by atoms with van der Waals surface area (Å²) >= 11 is 0. The molecule has 1 aliphatic rings. The number of fused-ring (bicyclic) bond motifs is 2. The van der Waals surface area contributed by atoms with E-state index < -0.39 is 0 Å². The number of carbonyl (C=O) groups excluding carboxylic acids is 1. The first-order valence-electron chi connectivity index (χ1n) is 8.92. The van der Waals surface area contributed by atoms with Crippen LogP contribution >= 0.6 is 0 Å². The molecule has 0 saturated heterocycles. The molecule has 138 valence electrons. The van der Waals surface area contributed by atoms with Gasteiger partial charge >= 0.3 is 0 Å². The number of hydrogen-bond donors (Lipinski definition) is 4. The number of nitrogens with zero attached hydrogens (tertiary/aromatic N) is 3. The van der Waals surface area contributed by atoms with Gasteiger partial charge in [0.1, 0.15) is 5.82 Å². The van der Waals surface area contributed by atoms with Gasteiger partial charge in [-0.3, -0.25) is 9.89 Å². The summed E-state index contributed by atoms with van der Waals surface area (Å²) in [5, 5.41) is 17.4. The molecule has 0 fully saturated rings. The molecule has 1 amide bonds. The number of hydrogen-bond acceptors (Lipinski definition) is 6. The lowest BCUT2D eigenvalue weighted by atomic mass is 10.1. The van der Waals surface area contributed by atoms with Crippen molar-refractivity contribution in [3.05, 3.63) is 66.0 Å². The van der Waals surface area contributed by atoms with Gasteiger partial charge in [0.05, 0.1) is 18.1 Å². The summed E-state index contributed by atoms with van der Waals surface area (Å²) in [4.78, 5) is 20.5. The Labute approximate surface area is 160 Å². The van der Waals surface area contributed by atoms with Crippen LogP contribution < -0.4 is 16.0 Å². The van der Waals surface area contributed by atoms with Gasteiger partial charge in [0.25, 0.3) is 0 Å². The van der Waals surface area contributed by atoms with Crippen LogP contribution in [0, 0.1) is 0 Å². The minimum Gasteiger partial charge on any atom is -0.366 e. The first kappa shape index (κ1) is 16.2. The summed E-state index contributed by atoms with van der Waals surface area (Å²) in [6.45, 7) is 0.636. The van der Waals surface area contributed by atoms with E-state index in [2.05, 4.69) is 42.2 Å². The lowest BCUT2D eigenvalue weighted by molar-refractivity contribution is -0.115. The third-order valence-corrected chi connectivity index (χ3v) is 4.67. The number of rotatable bonds is 5. The number of amides is 1. The predicted molar refractivity (Wildman–Crippen MR) is 108 cm³/mol. The Hall–Kier alpha value is -3.94. The largest absolute Gasteiger partial charge is 0.366 e. The van der Waals surface area contributed by atoms with Crippen molar-refractivity contribution in [3.8, 4) is 0 Å². The minimum atomic E-state index is -0.00447. The Morgan fingerprint density at radius 1 is 1.14 bits per heavy atom. The highest BCUT2D eigenvalue weighted by molar-refractivity contribution is 6.01. The van der Waals surface area contributed by atoms with Crippen molar-refractivity contribution in [2.75, 3.05) is 16.0 Å². The third-order valence-electron chi connectivity index (χ3n) is 4.67. The number of aromatic nitrogens is 4. The summed E-state index contributed by atoms with van der Waals surface area (Å²) in [5.41, 5.74) is 4.74. The molecule has 0 saturated carbocycles. The number of carbonyl (C=O) groups is 1. The Balaban J connectivity index is 1.31. The average Bonchev–Trinajstić information content (AvgIpc) is 3.32. The van der Waals surface area contributed by atoms with Crippen LogP contribution in [0.25, 0.3) is 10.9 Å². The molecule has 0 bridgehead atoms. The maximum absolute atomic E-state index is 11.7. The van der Waals surface area contributed by atoms with E-state index in [1.54, 1.807) is 6.20 Å². The molecule has 0 aliphatic carbocycles. The van der Waals surface area contributed by atoms with Crippen LogP contribution in [-0.4, -0.2) is 26.1 Å². The van der Waals surface area contributed by atoms with Crippen LogP contribution in [0.15, 0.2) is 54.9 Å². The summed E-state index contributed by atoms with van der Waals surface area (Å²) < 4.78 is 0. The summed E-state index contributed by atoms with van der Waals surface area (Å²) in [5.74, 6) is 1.18. The molecule has 0 radical (unpaired) electrons. The van der Waals surface area contributed by atoms with Gasteiger partial charge in [-0.05, 0) is 35.9 Å². The van der Waals surface area contributed by atoms with Crippen LogP contribution in [0.4, 0.5) is 23.1 Å². The van der Waals surface area contributed by atoms with Gasteiger partial charge in [-0.25, -0.2) is 4.98 Å². The van der Waals surface area contributed by atoms with Crippen molar-refractivity contribution in [1.82, 2.24) is 20.2 Å². The summed E-state index contributed by atoms with van der Waals surface area (Å²) in [6, 6.07) is 13.7. The van der Waals surface area contributed by atoms with Crippen molar-refractivity contribution >= 4 is 40.0 Å². The van der Waals surface area contributed by atoms with Crippen LogP contribution in [0.1, 0.15) is 11.1 Å². The quantitative estimate of drug-likeness (QED) is 0.429. The Morgan fingerprint density at radius 2 is 2.11 bits per heavy atom. The summed E-state index contributed by atoms with van der Waals surface area (Å²) in [6.07, 6.45) is 3.86. The molecular weight excluding hydrogens is 354 g/mol. The van der Waals surface area contributed by atoms with Crippen molar-refractivity contribution in [2.24, 2.45) is 0 Å². The van der Waals surface area contributed by atoms with Crippen molar-refractivity contribution in [1.29, 1.82) is 0 Å². The molecule has 1 aliphatic heterocycles. The molecule has 4 N–H and O–H groups in total. The topological polar surface area (TPSA) is 108 Å². The van der Waals surface area contributed by atoms with E-state index in [0.717, 1.165) is 33.4 Å². The van der Waals surface area contributed by atoms with Gasteiger partial charge in [-0.2, -0.15) is 10.1 Å². The van der Waals surface area contributed by atoms with Crippen molar-refractivity contribution in [2.45, 2.75) is 13.0 Å². The first-order valence-corrected chi connectivity index (χ1v) is 8.92. The molecule has 8 nitrogen and oxygen atoms in total. The molecule has 5 rings (SSSR count). The van der Waals surface area contributed by atoms with E-state index in [4.69, 9.17) is 0 Å². The number of aromatic amines is 1. The Kier molecular flexibility index (Phi) is 3.86. The second-order valence-electron chi connectivity index (χ2n) is 6.59. The van der Waals surface area contributed by atoms with Gasteiger partial charge < -0.3 is 16.0 Å². The maximum atomic E-state index is 11.7. The fraction of sp³-hybridized carbons (Fsp3) is 0.100. The van der Waals surface area contributed by atoms with E-state index in [-0.39, 0.29) is 5.91 Å². The number of benzene rings is 2. The SMILES string of the molecule is O=C1Cc2c(cccc2Nc2nccc(NCc3ccc4[nH]ncc4c3)n2)N1. The van der Waals surface area contributed by atoms with Crippen LogP contribution in [0.2, 0.25) is 0 Å². The second kappa shape index (κ2) is 6.66. The molecule has 0 atom stereocenters. The Morgan fingerprint density at radius 3 is 3.07 bits per heavy atom. The fourth-order valence-electron chi connectivity index (χ4n) is 3.30. The van der Waals surface area contributed by atoms with E-state index >= 15 is 0 Å². The molecule has 0 spiro atoms. The average molecular weight is 371 g/mol. The van der Waals surface area contributed by atoms with E-state index in [1.165, 1.54) is 0 Å². The van der Waals surface area contributed by atoms with Crippen LogP contribution in [0.5, 0.6) is 0 Å². The standard InChI is InChI=1S/C20H17N7O/c28-19-9-14-16(24-19)2-1-3-17(14)25-20-21-7-6-18(26-20)22-10-12-4-5-15-13(8-12)11-23-27-15/h1-8,11H,9-10H2,(H,23,27)(H,24,28)(H2,21,22,25,26). The van der Waals surface area contributed by atoms with E-state index in [9.17, 15) is 4.79 Å². The normalized spacial score (nSPS) is 12.6. The molecule has 3 heterocycles. The van der Waals surface area contributed by atoms with Crippen molar-refractivity contribution in [3.63, 3.8) is 0 Å². The monoisotopic (exact) mass is 371 g/mol. The second-order valence-corrected chi connectivity index (χ2v) is 6.59. The molecule has 2 aromatic heterocycles. The van der Waals surface area contributed by atoms with E-state index in [0.29, 0.717) is 24.7 Å². The zero-order valence-electron chi connectivity index (χ0n) is 14.9. The van der Waals surface area contributed by atoms with E-state index in [1.807, 2.05) is 42.6 Å². The predicted octanol–water partition coefficient (Wildman–Crippen LogP) is 3.20. The molecule has 4 aromatic rings. The maximum Gasteiger partial charge on any atom is 0.229 e. The van der Waals surface area contributed by atoms with Gasteiger partial charge in [-0.15, -0.1) is 0 Å². The minimum absolute atomic E-state index is 0.00447. The zero-order valence-corrected chi connectivity index (χ0v) is 14.9. The van der Waals surface area contributed by atoms with Gasteiger partial charge in [0.2, 0.25) is 11.9 Å². The van der Waals surface area contributed by atoms with Gasteiger partial charge in [0.15, 0.2) is 0 Å². The molecule has 8 heteroatoms. The lowest BCUT2D eigenvalue weighted by Gasteiger charge is -2.11. The van der Waals surface area contributed by atoms with Crippen molar-refractivity contribution < 1.29 is 4.79 Å². The smallest absolute Gasteiger partial charge is 0.229 e. The van der Waals surface area contributed by atoms with Gasteiger partial charge in [-0.1, -0.05) is 12.1 Å². The van der Waals surface area contributed by atoms with Crippen LogP contribution in [0.3, 0.4) is 0 Å². The summed E-state index contributed by atoms with van der Waals surface area (Å²) in [7, 11) is 0. The van der Waals surface area contributed by atoms with Gasteiger partial charge in [0, 0.05) is 35.1 Å². The number of anilines is 4. The fourth-order valence-corrected chi connectivity index (χ4v) is 3.30. The lowest BCUT2D eigenvalue weighted by Crippen LogP contribution is -2.05. The van der Waals surface area contributed by atoms with Crippen LogP contribution in [-0.2, 0) is 17.8 Å². The molecule has 0 unspecified atom stereocenters. The number of nitrogens with one attached hydrogen (secondary N) is 4. The highest BCUT2D eigenvalue weighted by Crippen LogP contribution is 2.31. The molecular formula is C20H17N7O. The highest BCUT2D eigenvalue weighted by Gasteiger charge is 2.20. The highest BCUT2D eigenvalue weighted by atomic mass is 16.1. The Bertz CT molecular complexity index is 1180. The third kappa shape index (κ3) is 3.11. The molecule has 28 heavy (non-hydrogen) atoms. The number of H-pyrrole nitrogens is 1.